The lowest BCUT2D eigenvalue weighted by Gasteiger charge is -2.11. The fourth-order valence-electron chi connectivity index (χ4n) is 1.33. The second-order valence-corrected chi connectivity index (χ2v) is 2.67. The predicted molar refractivity (Wildman–Crippen MR) is 38.0 cm³/mol. The van der Waals surface area contributed by atoms with E-state index in [2.05, 4.69) is 10.9 Å². The number of aliphatic hydroxyl groups excluding tert-OH is 1. The number of nitrogens with one attached hydrogen (secondary N) is 2. The molecule has 1 aliphatic heterocycles. The molecule has 0 amide bonds. The fraction of sp³-hybridized carbons (Fsp3) is 0.429. The number of allylic oxidation sites excluding steroid dienone is 2. The normalized spacial score (nSPS) is 30.2. The van der Waals surface area contributed by atoms with Gasteiger partial charge in [0.05, 0.1) is 0 Å². The Hall–Kier alpha value is -0.960. The molecule has 0 radical (unpaired) electrons. The maximum absolute atomic E-state index is 9.07. The third kappa shape index (κ3) is 0.789. The first-order valence-corrected chi connectivity index (χ1v) is 3.46. The van der Waals surface area contributed by atoms with Gasteiger partial charge in [-0.2, -0.15) is 0 Å². The monoisotopic (exact) mass is 138 g/mol. The van der Waals surface area contributed by atoms with Crippen molar-refractivity contribution < 1.29 is 5.11 Å². The first-order valence-electron chi connectivity index (χ1n) is 3.46. The van der Waals surface area contributed by atoms with Crippen LogP contribution in [-0.4, -0.2) is 11.7 Å². The van der Waals surface area contributed by atoms with Crippen molar-refractivity contribution in [3.05, 3.63) is 23.6 Å². The number of aliphatic hydroxyl groups is 1. The minimum absolute atomic E-state index is 0.377. The lowest BCUT2D eigenvalue weighted by atomic mass is 9.98. The van der Waals surface area contributed by atoms with Gasteiger partial charge in [0, 0.05) is 24.2 Å². The molecule has 2 rings (SSSR count). The van der Waals surface area contributed by atoms with E-state index in [-0.39, 0.29) is 0 Å². The Labute approximate surface area is 59.4 Å². The van der Waals surface area contributed by atoms with Crippen LogP contribution in [0.5, 0.6) is 0 Å². The molecule has 0 spiro atoms. The summed E-state index contributed by atoms with van der Waals surface area (Å²) in [4.78, 5) is 0. The molecule has 54 valence electrons. The second kappa shape index (κ2) is 2.02. The van der Waals surface area contributed by atoms with Crippen molar-refractivity contribution in [1.82, 2.24) is 10.9 Å². The first kappa shape index (κ1) is 5.80. The fourth-order valence-corrected chi connectivity index (χ4v) is 1.33. The van der Waals surface area contributed by atoms with E-state index in [9.17, 15) is 0 Å². The maximum atomic E-state index is 9.07. The topological polar surface area (TPSA) is 44.3 Å². The Morgan fingerprint density at radius 1 is 1.60 bits per heavy atom. The van der Waals surface area contributed by atoms with Gasteiger partial charge >= 0.3 is 0 Å². The molecule has 0 aromatic rings. The zero-order valence-corrected chi connectivity index (χ0v) is 5.59. The lowest BCUT2D eigenvalue weighted by Crippen LogP contribution is -2.20. The first-order chi connectivity index (χ1) is 4.86. The third-order valence-electron chi connectivity index (χ3n) is 1.94. The van der Waals surface area contributed by atoms with Crippen LogP contribution in [-0.2, 0) is 0 Å². The summed E-state index contributed by atoms with van der Waals surface area (Å²) < 4.78 is 0. The molecule has 1 aliphatic carbocycles. The van der Waals surface area contributed by atoms with Crippen molar-refractivity contribution in [2.75, 3.05) is 6.54 Å². The highest BCUT2D eigenvalue weighted by Crippen LogP contribution is 2.22. The van der Waals surface area contributed by atoms with Crippen LogP contribution in [0.3, 0.4) is 0 Å². The molecule has 1 atom stereocenters. The van der Waals surface area contributed by atoms with Crippen LogP contribution >= 0.6 is 0 Å². The van der Waals surface area contributed by atoms with Crippen LogP contribution < -0.4 is 10.9 Å². The highest BCUT2D eigenvalue weighted by atomic mass is 16.3. The number of fused-ring (bicyclic) bond motifs is 1. The summed E-state index contributed by atoms with van der Waals surface area (Å²) in [5.74, 6) is 0.929. The number of hydrogen-bond donors (Lipinski definition) is 3. The molecular formula is C7H10N2O. The zero-order valence-electron chi connectivity index (χ0n) is 5.59. The van der Waals surface area contributed by atoms with E-state index in [1.807, 2.05) is 6.08 Å². The second-order valence-electron chi connectivity index (χ2n) is 2.67. The van der Waals surface area contributed by atoms with Crippen molar-refractivity contribution >= 4 is 0 Å². The summed E-state index contributed by atoms with van der Waals surface area (Å²) in [7, 11) is 0. The Kier molecular flexibility index (Phi) is 1.17. The van der Waals surface area contributed by atoms with Gasteiger partial charge in [0.25, 0.3) is 0 Å². The number of hydrogen-bond acceptors (Lipinski definition) is 3. The molecule has 3 heteroatoms. The van der Waals surface area contributed by atoms with Gasteiger partial charge < -0.3 is 10.5 Å². The van der Waals surface area contributed by atoms with Gasteiger partial charge in [-0.3, -0.25) is 0 Å². The molecule has 2 aliphatic rings. The summed E-state index contributed by atoms with van der Waals surface area (Å²) >= 11 is 0. The van der Waals surface area contributed by atoms with Crippen LogP contribution in [0, 0.1) is 5.92 Å². The van der Waals surface area contributed by atoms with Crippen molar-refractivity contribution in [2.24, 2.45) is 5.92 Å². The third-order valence-corrected chi connectivity index (χ3v) is 1.94. The Balaban J connectivity index is 2.24. The standard InChI is InChI=1S/C7H10N2O/c10-6-2-1-5-4-8-9-7(5)3-6/h2-3,5,8-10H,1,4H2. The van der Waals surface area contributed by atoms with E-state index in [0.29, 0.717) is 11.7 Å². The Bertz CT molecular complexity index is 208. The molecule has 0 saturated carbocycles. The summed E-state index contributed by atoms with van der Waals surface area (Å²) in [6.45, 7) is 0.968. The van der Waals surface area contributed by atoms with Crippen LogP contribution in [0.4, 0.5) is 0 Å². The van der Waals surface area contributed by atoms with Crippen molar-refractivity contribution in [2.45, 2.75) is 6.42 Å². The minimum Gasteiger partial charge on any atom is -0.508 e. The summed E-state index contributed by atoms with van der Waals surface area (Å²) in [5, 5.41) is 9.07. The van der Waals surface area contributed by atoms with Gasteiger partial charge in [0.15, 0.2) is 0 Å². The summed E-state index contributed by atoms with van der Waals surface area (Å²) in [6, 6.07) is 0. The smallest absolute Gasteiger partial charge is 0.113 e. The van der Waals surface area contributed by atoms with Gasteiger partial charge in [-0.1, -0.05) is 0 Å². The van der Waals surface area contributed by atoms with Gasteiger partial charge in [-0.05, 0) is 12.5 Å². The average Bonchev–Trinajstić information content (AvgIpc) is 2.33. The molecule has 1 heterocycles. The van der Waals surface area contributed by atoms with E-state index in [1.165, 1.54) is 0 Å². The molecule has 0 aromatic carbocycles. The van der Waals surface area contributed by atoms with E-state index in [1.54, 1.807) is 6.08 Å². The average molecular weight is 138 g/mol. The molecule has 0 aromatic heterocycles. The van der Waals surface area contributed by atoms with Crippen molar-refractivity contribution in [3.63, 3.8) is 0 Å². The van der Waals surface area contributed by atoms with Crippen LogP contribution in [0.15, 0.2) is 23.6 Å². The Morgan fingerprint density at radius 2 is 2.50 bits per heavy atom. The van der Waals surface area contributed by atoms with E-state index < -0.39 is 0 Å². The van der Waals surface area contributed by atoms with Gasteiger partial charge in [0.1, 0.15) is 5.76 Å². The molecule has 3 N–H and O–H groups in total. The highest BCUT2D eigenvalue weighted by Gasteiger charge is 2.21. The maximum Gasteiger partial charge on any atom is 0.113 e. The molecule has 3 nitrogen and oxygen atoms in total. The van der Waals surface area contributed by atoms with Gasteiger partial charge in [0.2, 0.25) is 0 Å². The lowest BCUT2D eigenvalue weighted by molar-refractivity contribution is 0.419. The molecule has 1 unspecified atom stereocenters. The van der Waals surface area contributed by atoms with Crippen LogP contribution in [0.2, 0.25) is 0 Å². The highest BCUT2D eigenvalue weighted by molar-refractivity contribution is 5.25. The van der Waals surface area contributed by atoms with E-state index in [4.69, 9.17) is 5.11 Å². The van der Waals surface area contributed by atoms with Crippen molar-refractivity contribution in [3.8, 4) is 0 Å². The summed E-state index contributed by atoms with van der Waals surface area (Å²) in [5.41, 5.74) is 7.13. The quantitative estimate of drug-likeness (QED) is 0.455. The molecule has 10 heavy (non-hydrogen) atoms. The summed E-state index contributed by atoms with van der Waals surface area (Å²) in [6.07, 6.45) is 4.56. The molecule has 0 bridgehead atoms. The van der Waals surface area contributed by atoms with Crippen LogP contribution in [0.25, 0.3) is 0 Å². The number of rotatable bonds is 0. The van der Waals surface area contributed by atoms with Gasteiger partial charge in [-0.15, -0.1) is 0 Å². The molecular weight excluding hydrogens is 128 g/mol. The van der Waals surface area contributed by atoms with Crippen molar-refractivity contribution in [1.29, 1.82) is 0 Å². The predicted octanol–water partition coefficient (Wildman–Crippen LogP) is 0.440. The number of hydrazine groups is 1. The Morgan fingerprint density at radius 3 is 3.40 bits per heavy atom. The molecule has 1 fully saturated rings. The molecule has 1 saturated heterocycles. The van der Waals surface area contributed by atoms with E-state index in [0.717, 1.165) is 18.7 Å². The van der Waals surface area contributed by atoms with E-state index >= 15 is 0 Å². The zero-order chi connectivity index (χ0) is 6.97. The van der Waals surface area contributed by atoms with Crippen LogP contribution in [0.1, 0.15) is 6.42 Å². The van der Waals surface area contributed by atoms with Gasteiger partial charge in [-0.25, -0.2) is 5.43 Å². The SMILES string of the molecule is OC1=CCC2CNNC2=C1. The largest absolute Gasteiger partial charge is 0.508 e. The minimum atomic E-state index is 0.377.